The Morgan fingerprint density at radius 2 is 1.68 bits per heavy atom. The highest BCUT2D eigenvalue weighted by Crippen LogP contribution is 2.41. The Morgan fingerprint density at radius 1 is 1.02 bits per heavy atom. The number of hydrogen-bond acceptors (Lipinski definition) is 5. The molecule has 214 valence electrons. The molecule has 1 saturated heterocycles. The van der Waals surface area contributed by atoms with Gasteiger partial charge in [-0.05, 0) is 79.9 Å². The van der Waals surface area contributed by atoms with Crippen LogP contribution in [-0.2, 0) is 10.0 Å². The second kappa shape index (κ2) is 11.3. The molecule has 1 fully saturated rings. The van der Waals surface area contributed by atoms with Crippen LogP contribution in [0.25, 0.3) is 22.3 Å². The van der Waals surface area contributed by atoms with Gasteiger partial charge in [-0.3, -0.25) is 14.3 Å². The molecule has 0 radical (unpaired) electrons. The van der Waals surface area contributed by atoms with Crippen molar-refractivity contribution in [1.29, 1.82) is 0 Å². The summed E-state index contributed by atoms with van der Waals surface area (Å²) in [6.45, 7) is 2.31. The number of nitrogens with one attached hydrogen (secondary N) is 2. The molecule has 0 aliphatic carbocycles. The monoisotopic (exact) mass is 581 g/mol. The Balaban J connectivity index is 1.63. The maximum Gasteiger partial charge on any atom is 0.255 e. The van der Waals surface area contributed by atoms with E-state index in [1.807, 2.05) is 0 Å². The molecule has 41 heavy (non-hydrogen) atoms. The minimum Gasteiger partial charge on any atom is -0.455 e. The summed E-state index contributed by atoms with van der Waals surface area (Å²) in [5, 5.41) is 3.08. The molecule has 11 heteroatoms. The van der Waals surface area contributed by atoms with E-state index in [9.17, 15) is 26.8 Å². The van der Waals surface area contributed by atoms with Gasteiger partial charge in [-0.1, -0.05) is 0 Å². The summed E-state index contributed by atoms with van der Waals surface area (Å²) in [6, 6.07) is 14.2. The maximum absolute atomic E-state index is 13.6. The lowest BCUT2D eigenvalue weighted by Crippen LogP contribution is -2.39. The Hall–Kier alpha value is -4.25. The van der Waals surface area contributed by atoms with Crippen LogP contribution in [0.2, 0.25) is 0 Å². The summed E-state index contributed by atoms with van der Waals surface area (Å²) in [5.74, 6) is -1.76. The van der Waals surface area contributed by atoms with Crippen LogP contribution in [-0.4, -0.2) is 51.0 Å². The largest absolute Gasteiger partial charge is 0.455 e. The predicted molar refractivity (Wildman–Crippen MR) is 152 cm³/mol. The molecular weight excluding hydrogens is 552 g/mol. The molecule has 4 aromatic rings. The van der Waals surface area contributed by atoms with Gasteiger partial charge >= 0.3 is 0 Å². The van der Waals surface area contributed by atoms with Gasteiger partial charge in [0.2, 0.25) is 10.0 Å². The number of piperidine rings is 1. The number of rotatable bonds is 7. The zero-order valence-corrected chi connectivity index (χ0v) is 23.4. The molecule has 3 aromatic carbocycles. The number of fused-ring (bicyclic) bond motifs is 1. The van der Waals surface area contributed by atoms with Crippen LogP contribution in [0, 0.1) is 11.6 Å². The van der Waals surface area contributed by atoms with Crippen molar-refractivity contribution >= 4 is 38.5 Å². The molecule has 1 aliphatic rings. The third-order valence-electron chi connectivity index (χ3n) is 7.31. The molecule has 2 heterocycles. The van der Waals surface area contributed by atoms with Crippen LogP contribution in [0.3, 0.4) is 0 Å². The lowest BCUT2D eigenvalue weighted by Gasteiger charge is -2.34. The number of carbonyl (C=O) groups is 2. The average Bonchev–Trinajstić information content (AvgIpc) is 3.35. The van der Waals surface area contributed by atoms with Crippen molar-refractivity contribution in [3.8, 4) is 11.3 Å². The number of amides is 2. The van der Waals surface area contributed by atoms with Crippen LogP contribution in [0.1, 0.15) is 52.0 Å². The summed E-state index contributed by atoms with van der Waals surface area (Å²) in [7, 11) is -2.20. The lowest BCUT2D eigenvalue weighted by molar-refractivity contribution is 0.0707. The van der Waals surface area contributed by atoms with E-state index in [-0.39, 0.29) is 34.5 Å². The topological polar surface area (TPSA) is 109 Å². The number of anilines is 1. The van der Waals surface area contributed by atoms with E-state index in [2.05, 4.69) is 10.0 Å². The maximum atomic E-state index is 13.6. The zero-order valence-electron chi connectivity index (χ0n) is 22.5. The molecular formula is C30H29F2N3O5S. The number of hydrogen-bond donors (Lipinski definition) is 2. The zero-order chi connectivity index (χ0) is 29.3. The number of halogens is 2. The third-order valence-corrected chi connectivity index (χ3v) is 8.60. The van der Waals surface area contributed by atoms with Crippen molar-refractivity contribution in [2.75, 3.05) is 30.6 Å². The fraction of sp³-hybridized carbons (Fsp3) is 0.267. The fourth-order valence-corrected chi connectivity index (χ4v) is 5.83. The minimum atomic E-state index is -3.69. The van der Waals surface area contributed by atoms with E-state index in [1.54, 1.807) is 17.0 Å². The summed E-state index contributed by atoms with van der Waals surface area (Å²) in [4.78, 5) is 28.0. The van der Waals surface area contributed by atoms with E-state index < -0.39 is 27.6 Å². The van der Waals surface area contributed by atoms with E-state index in [1.165, 1.54) is 62.5 Å². The molecule has 5 rings (SSSR count). The standard InChI is InChI=1S/C30H29F2N3O5S/c1-3-41(38,39)34-25-16-26-24(27(29(36)33-2)28(40-26)18-6-10-21(31)11-7-18)15-23(25)20-5-4-14-35(17-20)30(37)19-8-12-22(32)13-9-19/h6-13,15-16,20,34H,3-5,14,17H2,1-2H3,(H,33,36). The number of benzene rings is 3. The van der Waals surface area contributed by atoms with Crippen molar-refractivity contribution in [3.05, 3.63) is 89.0 Å². The first-order valence-corrected chi connectivity index (χ1v) is 14.9. The van der Waals surface area contributed by atoms with E-state index >= 15 is 0 Å². The van der Waals surface area contributed by atoms with Crippen molar-refractivity contribution in [2.24, 2.45) is 0 Å². The summed E-state index contributed by atoms with van der Waals surface area (Å²) < 4.78 is 61.1. The fourth-order valence-electron chi connectivity index (χ4n) is 5.17. The molecule has 1 unspecified atom stereocenters. The van der Waals surface area contributed by atoms with Crippen LogP contribution < -0.4 is 10.0 Å². The molecule has 1 aromatic heterocycles. The quantitative estimate of drug-likeness (QED) is 0.299. The number of carbonyl (C=O) groups excluding carboxylic acids is 2. The molecule has 1 aliphatic heterocycles. The van der Waals surface area contributed by atoms with E-state index in [0.29, 0.717) is 53.7 Å². The third kappa shape index (κ3) is 5.81. The average molecular weight is 582 g/mol. The lowest BCUT2D eigenvalue weighted by atomic mass is 9.88. The Bertz CT molecular complexity index is 1720. The van der Waals surface area contributed by atoms with Gasteiger partial charge in [0.1, 0.15) is 23.0 Å². The Morgan fingerprint density at radius 3 is 2.32 bits per heavy atom. The molecule has 2 N–H and O–H groups in total. The van der Waals surface area contributed by atoms with Gasteiger partial charge in [0.05, 0.1) is 17.0 Å². The highest BCUT2D eigenvalue weighted by molar-refractivity contribution is 7.92. The highest BCUT2D eigenvalue weighted by atomic mass is 32.2. The first kappa shape index (κ1) is 28.3. The number of likely N-dealkylation sites (tertiary alicyclic amines) is 1. The second-order valence-corrected chi connectivity index (χ2v) is 11.9. The van der Waals surface area contributed by atoms with Crippen LogP contribution >= 0.6 is 0 Å². The smallest absolute Gasteiger partial charge is 0.255 e. The summed E-state index contributed by atoms with van der Waals surface area (Å²) >= 11 is 0. The van der Waals surface area contributed by atoms with Crippen molar-refractivity contribution in [1.82, 2.24) is 10.2 Å². The SMILES string of the molecule is CCS(=O)(=O)Nc1cc2oc(-c3ccc(F)cc3)c(C(=O)NC)c2cc1C1CCCN(C(=O)c2ccc(F)cc2)C1. The van der Waals surface area contributed by atoms with Crippen molar-refractivity contribution < 1.29 is 31.2 Å². The van der Waals surface area contributed by atoms with Gasteiger partial charge < -0.3 is 14.6 Å². The molecule has 0 saturated carbocycles. The first-order valence-electron chi connectivity index (χ1n) is 13.2. The van der Waals surface area contributed by atoms with Crippen LogP contribution in [0.5, 0.6) is 0 Å². The molecule has 8 nitrogen and oxygen atoms in total. The van der Waals surface area contributed by atoms with Gasteiger partial charge in [-0.2, -0.15) is 0 Å². The number of sulfonamides is 1. The number of furan rings is 1. The Kier molecular flexibility index (Phi) is 7.81. The predicted octanol–water partition coefficient (Wildman–Crippen LogP) is 5.52. The Labute approximate surface area is 236 Å². The van der Waals surface area contributed by atoms with Gasteiger partial charge in [-0.15, -0.1) is 0 Å². The first-order chi connectivity index (χ1) is 19.6. The number of nitrogens with zero attached hydrogens (tertiary/aromatic N) is 1. The summed E-state index contributed by atoms with van der Waals surface area (Å²) in [6.07, 6.45) is 1.32. The molecule has 0 bridgehead atoms. The molecule has 0 spiro atoms. The van der Waals surface area contributed by atoms with Crippen LogP contribution in [0.4, 0.5) is 14.5 Å². The van der Waals surface area contributed by atoms with Gasteiger partial charge in [0.25, 0.3) is 11.8 Å². The van der Waals surface area contributed by atoms with Gasteiger partial charge in [-0.25, -0.2) is 17.2 Å². The summed E-state index contributed by atoms with van der Waals surface area (Å²) in [5.41, 5.74) is 2.25. The normalized spacial score (nSPS) is 15.6. The van der Waals surface area contributed by atoms with Crippen molar-refractivity contribution in [2.45, 2.75) is 25.7 Å². The molecule has 2 amide bonds. The van der Waals surface area contributed by atoms with Gasteiger partial charge in [0.15, 0.2) is 0 Å². The second-order valence-electron chi connectivity index (χ2n) is 9.93. The minimum absolute atomic E-state index is 0.160. The van der Waals surface area contributed by atoms with E-state index in [0.717, 1.165) is 0 Å². The van der Waals surface area contributed by atoms with E-state index in [4.69, 9.17) is 4.42 Å². The molecule has 1 atom stereocenters. The van der Waals surface area contributed by atoms with Crippen LogP contribution in [0.15, 0.2) is 65.1 Å². The highest BCUT2D eigenvalue weighted by Gasteiger charge is 2.30. The van der Waals surface area contributed by atoms with Gasteiger partial charge in [0, 0.05) is 48.6 Å². The van der Waals surface area contributed by atoms with Crippen molar-refractivity contribution in [3.63, 3.8) is 0 Å².